The second kappa shape index (κ2) is 8.69. The normalized spacial score (nSPS) is 12.0. The van der Waals surface area contributed by atoms with E-state index in [-0.39, 0.29) is 18.0 Å². The molecule has 0 aliphatic heterocycles. The van der Waals surface area contributed by atoms with E-state index in [9.17, 15) is 8.42 Å². The van der Waals surface area contributed by atoms with Crippen LogP contribution in [0, 0.1) is 13.8 Å². The Kier molecular flexibility index (Phi) is 5.99. The summed E-state index contributed by atoms with van der Waals surface area (Å²) in [5.74, 6) is 1.47. The van der Waals surface area contributed by atoms with Crippen molar-refractivity contribution in [2.24, 2.45) is 0 Å². The summed E-state index contributed by atoms with van der Waals surface area (Å²) in [5.41, 5.74) is 3.15. The highest BCUT2D eigenvalue weighted by molar-refractivity contribution is 7.89. The van der Waals surface area contributed by atoms with E-state index >= 15 is 0 Å². The van der Waals surface area contributed by atoms with Crippen molar-refractivity contribution >= 4 is 32.8 Å². The molecule has 2 aromatic heterocycles. The number of ether oxygens (including phenoxy) is 1. The summed E-state index contributed by atoms with van der Waals surface area (Å²) < 4.78 is 46.3. The average Bonchev–Trinajstić information content (AvgIpc) is 3.38. The van der Waals surface area contributed by atoms with Gasteiger partial charge in [-0.25, -0.2) is 12.7 Å². The van der Waals surface area contributed by atoms with Gasteiger partial charge in [-0.05, 0) is 49.2 Å². The Morgan fingerprint density at radius 2 is 1.90 bits per heavy atom. The van der Waals surface area contributed by atoms with Crippen LogP contribution in [0.15, 0.2) is 45.8 Å². The van der Waals surface area contributed by atoms with Gasteiger partial charge in [0.05, 0.1) is 11.7 Å². The number of aromatic nitrogens is 4. The molecule has 0 saturated carbocycles. The highest BCUT2D eigenvalue weighted by atomic mass is 32.2. The Labute approximate surface area is 184 Å². The highest BCUT2D eigenvalue weighted by Gasteiger charge is 2.25. The van der Waals surface area contributed by atoms with Crippen LogP contribution in [0.3, 0.4) is 0 Å². The molecular weight excluding hydrogens is 438 g/mol. The minimum Gasteiger partial charge on any atom is -0.484 e. The fourth-order valence-electron chi connectivity index (χ4n) is 3.15. The molecule has 162 valence electrons. The smallest absolute Gasteiger partial charge is 0.264 e. The predicted molar refractivity (Wildman–Crippen MR) is 115 cm³/mol. The average molecular weight is 460 g/mol. The Morgan fingerprint density at radius 1 is 1.13 bits per heavy atom. The number of fused-ring (bicyclic) bond motifs is 1. The summed E-state index contributed by atoms with van der Waals surface area (Å²) in [5, 5.41) is 3.92. The third-order valence-corrected chi connectivity index (χ3v) is 7.09. The molecule has 0 atom stereocenters. The summed E-state index contributed by atoms with van der Waals surface area (Å²) in [7, 11) is -2.21. The molecule has 11 heteroatoms. The molecule has 2 heterocycles. The molecular formula is C20H21N5O4S2. The molecule has 0 spiro atoms. The van der Waals surface area contributed by atoms with Gasteiger partial charge in [0.25, 0.3) is 5.89 Å². The second-order valence-electron chi connectivity index (χ2n) is 7.18. The lowest BCUT2D eigenvalue weighted by Crippen LogP contribution is -2.29. The van der Waals surface area contributed by atoms with E-state index in [0.717, 1.165) is 28.6 Å². The number of benzene rings is 2. The molecule has 4 aromatic rings. The zero-order valence-electron chi connectivity index (χ0n) is 17.3. The van der Waals surface area contributed by atoms with Crippen molar-refractivity contribution in [3.8, 4) is 5.75 Å². The Bertz CT molecular complexity index is 1300. The minimum atomic E-state index is -3.73. The first kappa shape index (κ1) is 21.3. The summed E-state index contributed by atoms with van der Waals surface area (Å²) in [4.78, 5) is 4.43. The van der Waals surface area contributed by atoms with Crippen LogP contribution in [-0.4, -0.2) is 45.2 Å². The quantitative estimate of drug-likeness (QED) is 0.395. The molecule has 2 aromatic carbocycles. The Hall–Kier alpha value is -2.89. The Morgan fingerprint density at radius 3 is 2.68 bits per heavy atom. The molecule has 0 unspecified atom stereocenters. The van der Waals surface area contributed by atoms with Crippen LogP contribution in [0.1, 0.15) is 22.8 Å². The maximum absolute atomic E-state index is 13.0. The molecule has 0 N–H and O–H groups in total. The van der Waals surface area contributed by atoms with Gasteiger partial charge in [-0.3, -0.25) is 0 Å². The lowest BCUT2D eigenvalue weighted by molar-refractivity contribution is 0.242. The molecule has 0 saturated heterocycles. The van der Waals surface area contributed by atoms with Crippen LogP contribution < -0.4 is 4.74 Å². The van der Waals surface area contributed by atoms with Crippen molar-refractivity contribution in [2.75, 3.05) is 13.6 Å². The van der Waals surface area contributed by atoms with Gasteiger partial charge in [0.1, 0.15) is 21.7 Å². The fraction of sp³-hybridized carbons (Fsp3) is 0.300. The van der Waals surface area contributed by atoms with E-state index in [2.05, 4.69) is 25.0 Å². The standard InChI is InChI=1S/C20H21N5O4S2/c1-13-9-14(2)11-15(10-13)28-12-19-21-18(22-29-19)7-8-25(3)31(26,27)17-6-4-5-16-20(17)24-30-23-16/h4-6,9-11H,7-8,12H2,1-3H3. The van der Waals surface area contributed by atoms with Gasteiger partial charge in [0.2, 0.25) is 10.0 Å². The highest BCUT2D eigenvalue weighted by Crippen LogP contribution is 2.24. The Balaban J connectivity index is 1.38. The molecule has 9 nitrogen and oxygen atoms in total. The first-order valence-corrected chi connectivity index (χ1v) is 11.7. The molecule has 0 radical (unpaired) electrons. The van der Waals surface area contributed by atoms with Gasteiger partial charge < -0.3 is 9.26 Å². The van der Waals surface area contributed by atoms with E-state index in [1.165, 1.54) is 17.4 Å². The van der Waals surface area contributed by atoms with Crippen LogP contribution >= 0.6 is 11.7 Å². The van der Waals surface area contributed by atoms with Crippen LogP contribution in [0.5, 0.6) is 5.75 Å². The number of likely N-dealkylation sites (N-methyl/N-ethyl adjacent to an activating group) is 1. The third kappa shape index (κ3) is 4.73. The van der Waals surface area contributed by atoms with E-state index < -0.39 is 10.0 Å². The lowest BCUT2D eigenvalue weighted by atomic mass is 10.1. The van der Waals surface area contributed by atoms with Crippen molar-refractivity contribution in [2.45, 2.75) is 31.8 Å². The number of rotatable bonds is 8. The topological polar surface area (TPSA) is 111 Å². The monoisotopic (exact) mass is 459 g/mol. The number of aryl methyl sites for hydroxylation is 2. The molecule has 0 aliphatic rings. The first-order valence-electron chi connectivity index (χ1n) is 9.53. The van der Waals surface area contributed by atoms with Crippen molar-refractivity contribution in [3.63, 3.8) is 0 Å². The summed E-state index contributed by atoms with van der Waals surface area (Å²) >= 11 is 0.985. The lowest BCUT2D eigenvalue weighted by Gasteiger charge is -2.16. The maximum Gasteiger partial charge on any atom is 0.264 e. The fourth-order valence-corrected chi connectivity index (χ4v) is 5.07. The molecule has 0 fully saturated rings. The van der Waals surface area contributed by atoms with E-state index in [1.54, 1.807) is 12.1 Å². The number of nitrogens with zero attached hydrogens (tertiary/aromatic N) is 5. The molecule has 0 amide bonds. The maximum atomic E-state index is 13.0. The van der Waals surface area contributed by atoms with Crippen molar-refractivity contribution in [3.05, 3.63) is 59.2 Å². The van der Waals surface area contributed by atoms with Gasteiger partial charge in [-0.2, -0.15) is 13.7 Å². The summed E-state index contributed by atoms with van der Waals surface area (Å²) in [6.07, 6.45) is 0.300. The van der Waals surface area contributed by atoms with Crippen molar-refractivity contribution in [1.82, 2.24) is 23.2 Å². The second-order valence-corrected chi connectivity index (χ2v) is 9.72. The van der Waals surface area contributed by atoms with Crippen LogP contribution in [-0.2, 0) is 23.1 Å². The molecule has 0 aliphatic carbocycles. The molecule has 4 rings (SSSR count). The van der Waals surface area contributed by atoms with E-state index in [0.29, 0.717) is 29.2 Å². The van der Waals surface area contributed by atoms with Crippen LogP contribution in [0.4, 0.5) is 0 Å². The van der Waals surface area contributed by atoms with Gasteiger partial charge >= 0.3 is 0 Å². The van der Waals surface area contributed by atoms with E-state index in [1.807, 2.05) is 26.0 Å². The van der Waals surface area contributed by atoms with Gasteiger partial charge in [0.15, 0.2) is 12.4 Å². The zero-order chi connectivity index (χ0) is 22.0. The number of hydrogen-bond donors (Lipinski definition) is 0. The first-order chi connectivity index (χ1) is 14.8. The largest absolute Gasteiger partial charge is 0.484 e. The van der Waals surface area contributed by atoms with Crippen molar-refractivity contribution in [1.29, 1.82) is 0 Å². The van der Waals surface area contributed by atoms with Crippen LogP contribution in [0.2, 0.25) is 0 Å². The van der Waals surface area contributed by atoms with E-state index in [4.69, 9.17) is 9.26 Å². The number of hydrogen-bond acceptors (Lipinski definition) is 9. The summed E-state index contributed by atoms with van der Waals surface area (Å²) in [6, 6.07) is 10.9. The summed E-state index contributed by atoms with van der Waals surface area (Å²) in [6.45, 7) is 4.33. The SMILES string of the molecule is Cc1cc(C)cc(OCc2nc(CCN(C)S(=O)(=O)c3cccc4nsnc34)no2)c1. The minimum absolute atomic E-state index is 0.136. The van der Waals surface area contributed by atoms with Gasteiger partial charge in [-0.15, -0.1) is 0 Å². The zero-order valence-corrected chi connectivity index (χ0v) is 18.9. The molecule has 31 heavy (non-hydrogen) atoms. The van der Waals surface area contributed by atoms with Gasteiger partial charge in [-0.1, -0.05) is 17.3 Å². The third-order valence-electron chi connectivity index (χ3n) is 4.66. The predicted octanol–water partition coefficient (Wildman–Crippen LogP) is 3.13. The van der Waals surface area contributed by atoms with Crippen LogP contribution in [0.25, 0.3) is 11.0 Å². The molecule has 0 bridgehead atoms. The van der Waals surface area contributed by atoms with Gasteiger partial charge in [0, 0.05) is 20.0 Å². The van der Waals surface area contributed by atoms with Crippen molar-refractivity contribution < 1.29 is 17.7 Å². The number of sulfonamides is 1.